The summed E-state index contributed by atoms with van der Waals surface area (Å²) in [6.45, 7) is 3.25. The van der Waals surface area contributed by atoms with Gasteiger partial charge in [-0.15, -0.1) is 0 Å². The number of halogens is 1. The first-order valence-corrected chi connectivity index (χ1v) is 5.96. The van der Waals surface area contributed by atoms with Crippen molar-refractivity contribution in [1.82, 2.24) is 14.4 Å². The van der Waals surface area contributed by atoms with Crippen LogP contribution in [0, 0.1) is 0 Å². The number of ether oxygens (including phenoxy) is 1. The molecule has 5 nitrogen and oxygen atoms in total. The maximum absolute atomic E-state index is 5.33. The first-order chi connectivity index (χ1) is 7.86. The van der Waals surface area contributed by atoms with Gasteiger partial charge in [0.05, 0.1) is 19.4 Å². The summed E-state index contributed by atoms with van der Waals surface area (Å²) < 4.78 is 8.26. The van der Waals surface area contributed by atoms with E-state index in [9.17, 15) is 0 Å². The molecule has 0 bridgehead atoms. The van der Waals surface area contributed by atoms with Crippen molar-refractivity contribution in [3.05, 3.63) is 23.2 Å². The van der Waals surface area contributed by atoms with Crippen LogP contribution >= 0.6 is 15.9 Å². The molecule has 1 aliphatic rings. The largest absolute Gasteiger partial charge is 0.378 e. The molecule has 16 heavy (non-hydrogen) atoms. The minimum absolute atomic E-state index is 0.755. The Kier molecular flexibility index (Phi) is 2.53. The van der Waals surface area contributed by atoms with Gasteiger partial charge in [-0.05, 0) is 15.9 Å². The molecule has 1 fully saturated rings. The molecule has 2 aromatic heterocycles. The Morgan fingerprint density at radius 1 is 1.25 bits per heavy atom. The van der Waals surface area contributed by atoms with Gasteiger partial charge in [0.1, 0.15) is 4.60 Å². The minimum Gasteiger partial charge on any atom is -0.378 e. The van der Waals surface area contributed by atoms with E-state index in [0.29, 0.717) is 0 Å². The molecule has 0 spiro atoms. The van der Waals surface area contributed by atoms with Crippen molar-refractivity contribution in [1.29, 1.82) is 0 Å². The highest BCUT2D eigenvalue weighted by Crippen LogP contribution is 2.21. The third kappa shape index (κ3) is 1.58. The van der Waals surface area contributed by atoms with Gasteiger partial charge >= 0.3 is 0 Å². The molecule has 84 valence electrons. The fraction of sp³-hybridized carbons (Fsp3) is 0.400. The van der Waals surface area contributed by atoms with Crippen molar-refractivity contribution in [2.45, 2.75) is 0 Å². The highest BCUT2D eigenvalue weighted by atomic mass is 79.9. The normalized spacial score (nSPS) is 16.9. The van der Waals surface area contributed by atoms with Gasteiger partial charge < -0.3 is 9.64 Å². The Labute approximate surface area is 101 Å². The number of hydrogen-bond donors (Lipinski definition) is 0. The fourth-order valence-electron chi connectivity index (χ4n) is 1.87. The van der Waals surface area contributed by atoms with Gasteiger partial charge in [0.2, 0.25) is 0 Å². The van der Waals surface area contributed by atoms with E-state index >= 15 is 0 Å². The maximum atomic E-state index is 5.33. The second-order valence-corrected chi connectivity index (χ2v) is 4.44. The molecule has 3 heterocycles. The topological polar surface area (TPSA) is 42.7 Å². The van der Waals surface area contributed by atoms with Crippen LogP contribution in [-0.2, 0) is 4.74 Å². The van der Waals surface area contributed by atoms with Crippen LogP contribution in [0.5, 0.6) is 0 Å². The number of aromatic nitrogens is 3. The summed E-state index contributed by atoms with van der Waals surface area (Å²) in [6.07, 6.45) is 5.49. The molecular weight excluding hydrogens is 272 g/mol. The molecule has 0 N–H and O–H groups in total. The zero-order chi connectivity index (χ0) is 11.0. The van der Waals surface area contributed by atoms with Crippen LogP contribution in [0.2, 0.25) is 0 Å². The summed E-state index contributed by atoms with van der Waals surface area (Å²) in [5.41, 5.74) is 0.885. The van der Waals surface area contributed by atoms with E-state index in [-0.39, 0.29) is 0 Å². The molecule has 6 heteroatoms. The molecule has 1 aliphatic heterocycles. The lowest BCUT2D eigenvalue weighted by atomic mass is 10.4. The average Bonchev–Trinajstić information content (AvgIpc) is 2.73. The van der Waals surface area contributed by atoms with E-state index in [2.05, 4.69) is 30.8 Å². The molecule has 0 aromatic carbocycles. The van der Waals surface area contributed by atoms with Gasteiger partial charge in [0.15, 0.2) is 11.5 Å². The Balaban J connectivity index is 2.08. The van der Waals surface area contributed by atoms with E-state index in [0.717, 1.165) is 42.4 Å². The predicted octanol–water partition coefficient (Wildman–Crippen LogP) is 1.33. The van der Waals surface area contributed by atoms with Gasteiger partial charge in [-0.2, -0.15) is 0 Å². The minimum atomic E-state index is 0.755. The average molecular weight is 283 g/mol. The summed E-state index contributed by atoms with van der Waals surface area (Å²) in [4.78, 5) is 11.0. The predicted molar refractivity (Wildman–Crippen MR) is 63.7 cm³/mol. The highest BCUT2D eigenvalue weighted by molar-refractivity contribution is 9.10. The zero-order valence-electron chi connectivity index (χ0n) is 8.64. The van der Waals surface area contributed by atoms with Crippen LogP contribution < -0.4 is 4.90 Å². The molecule has 3 rings (SSSR count). The monoisotopic (exact) mass is 282 g/mol. The molecule has 0 atom stereocenters. The van der Waals surface area contributed by atoms with Crippen LogP contribution in [0.15, 0.2) is 23.2 Å². The van der Waals surface area contributed by atoms with E-state index < -0.39 is 0 Å². The lowest BCUT2D eigenvalue weighted by Crippen LogP contribution is -2.37. The van der Waals surface area contributed by atoms with E-state index in [1.807, 2.05) is 10.6 Å². The number of fused-ring (bicyclic) bond motifs is 1. The van der Waals surface area contributed by atoms with Crippen LogP contribution in [0.25, 0.3) is 5.65 Å². The Morgan fingerprint density at radius 3 is 2.88 bits per heavy atom. The highest BCUT2D eigenvalue weighted by Gasteiger charge is 2.16. The molecule has 1 saturated heterocycles. The first-order valence-electron chi connectivity index (χ1n) is 5.16. The van der Waals surface area contributed by atoms with Gasteiger partial charge in [0.25, 0.3) is 0 Å². The SMILES string of the molecule is Brc1cnc2c(N3CCOCC3)nccn12. The Morgan fingerprint density at radius 2 is 2.06 bits per heavy atom. The summed E-state index contributed by atoms with van der Waals surface area (Å²) in [5.74, 6) is 0.927. The van der Waals surface area contributed by atoms with Crippen molar-refractivity contribution < 1.29 is 4.74 Å². The smallest absolute Gasteiger partial charge is 0.181 e. The van der Waals surface area contributed by atoms with Crippen molar-refractivity contribution in [3.8, 4) is 0 Å². The van der Waals surface area contributed by atoms with Gasteiger partial charge in [-0.3, -0.25) is 4.40 Å². The second-order valence-electron chi connectivity index (χ2n) is 3.62. The number of morpholine rings is 1. The van der Waals surface area contributed by atoms with Gasteiger partial charge in [-0.1, -0.05) is 0 Å². The summed E-state index contributed by atoms with van der Waals surface area (Å²) >= 11 is 3.45. The zero-order valence-corrected chi connectivity index (χ0v) is 10.2. The maximum Gasteiger partial charge on any atom is 0.181 e. The van der Waals surface area contributed by atoms with Crippen LogP contribution in [-0.4, -0.2) is 40.7 Å². The lowest BCUT2D eigenvalue weighted by Gasteiger charge is -2.27. The fourth-order valence-corrected chi connectivity index (χ4v) is 2.26. The molecular formula is C10H11BrN4O. The lowest BCUT2D eigenvalue weighted by molar-refractivity contribution is 0.122. The van der Waals surface area contributed by atoms with Crippen molar-refractivity contribution in [2.75, 3.05) is 31.2 Å². The number of rotatable bonds is 1. The van der Waals surface area contributed by atoms with Crippen molar-refractivity contribution >= 4 is 27.4 Å². The van der Waals surface area contributed by atoms with Gasteiger partial charge in [0, 0.05) is 25.5 Å². The number of hydrogen-bond acceptors (Lipinski definition) is 4. The quantitative estimate of drug-likeness (QED) is 0.792. The number of nitrogens with zero attached hydrogens (tertiary/aromatic N) is 4. The van der Waals surface area contributed by atoms with Crippen LogP contribution in [0.3, 0.4) is 0 Å². The molecule has 0 unspecified atom stereocenters. The molecule has 2 aromatic rings. The standard InChI is InChI=1S/C10H11BrN4O/c11-8-7-13-10-9(12-1-2-15(8)10)14-3-5-16-6-4-14/h1-2,7H,3-6H2. The number of imidazole rings is 1. The third-order valence-electron chi connectivity index (χ3n) is 2.67. The van der Waals surface area contributed by atoms with E-state index in [4.69, 9.17) is 4.74 Å². The molecule has 0 saturated carbocycles. The van der Waals surface area contributed by atoms with Gasteiger partial charge in [-0.25, -0.2) is 9.97 Å². The summed E-state index contributed by atoms with van der Waals surface area (Å²) in [5, 5.41) is 0. The second kappa shape index (κ2) is 4.03. The molecule has 0 radical (unpaired) electrons. The van der Waals surface area contributed by atoms with Crippen molar-refractivity contribution in [3.63, 3.8) is 0 Å². The Bertz CT molecular complexity index is 506. The molecule has 0 aliphatic carbocycles. The summed E-state index contributed by atoms with van der Waals surface area (Å²) in [7, 11) is 0. The van der Waals surface area contributed by atoms with Crippen molar-refractivity contribution in [2.24, 2.45) is 0 Å². The van der Waals surface area contributed by atoms with E-state index in [1.54, 1.807) is 12.4 Å². The van der Waals surface area contributed by atoms with E-state index in [1.165, 1.54) is 0 Å². The number of anilines is 1. The third-order valence-corrected chi connectivity index (χ3v) is 3.26. The summed E-state index contributed by atoms with van der Waals surface area (Å²) in [6, 6.07) is 0. The van der Waals surface area contributed by atoms with Crippen LogP contribution in [0.1, 0.15) is 0 Å². The Hall–Kier alpha value is -1.14. The first kappa shape index (κ1) is 10.0. The van der Waals surface area contributed by atoms with Crippen LogP contribution in [0.4, 0.5) is 5.82 Å². The molecule has 0 amide bonds.